The normalized spacial score (nSPS) is 25.2. The molecule has 1 N–H and O–H groups in total. The Morgan fingerprint density at radius 2 is 2.29 bits per heavy atom. The molecule has 1 atom stereocenters. The van der Waals surface area contributed by atoms with E-state index < -0.39 is 0 Å². The second-order valence-electron chi connectivity index (χ2n) is 4.70. The van der Waals surface area contributed by atoms with Crippen molar-refractivity contribution in [3.63, 3.8) is 0 Å². The molecule has 1 saturated carbocycles. The minimum absolute atomic E-state index is 0.353. The van der Waals surface area contributed by atoms with Gasteiger partial charge in [0, 0.05) is 13.1 Å². The van der Waals surface area contributed by atoms with Crippen LogP contribution in [0.25, 0.3) is 0 Å². The van der Waals surface area contributed by atoms with Crippen molar-refractivity contribution in [2.45, 2.75) is 39.2 Å². The van der Waals surface area contributed by atoms with Crippen molar-refractivity contribution >= 4 is 5.95 Å². The van der Waals surface area contributed by atoms with E-state index in [9.17, 15) is 0 Å². The third kappa shape index (κ3) is 1.58. The fraction of sp³-hybridized carbons (Fsp3) is 0.889. The van der Waals surface area contributed by atoms with Crippen molar-refractivity contribution < 1.29 is 0 Å². The lowest BCUT2D eigenvalue weighted by atomic mass is 9.87. The number of aromatic nitrogens is 4. The van der Waals surface area contributed by atoms with E-state index in [1.165, 1.54) is 19.3 Å². The van der Waals surface area contributed by atoms with E-state index in [0.29, 0.717) is 11.5 Å². The second kappa shape index (κ2) is 3.22. The molecule has 0 radical (unpaired) electrons. The summed E-state index contributed by atoms with van der Waals surface area (Å²) in [5.74, 6) is 0.768. The number of rotatable bonds is 2. The van der Waals surface area contributed by atoms with Crippen molar-refractivity contribution in [3.8, 4) is 0 Å². The quantitative estimate of drug-likeness (QED) is 0.770. The molecule has 1 fully saturated rings. The maximum absolute atomic E-state index is 3.94. The number of aryl methyl sites for hydroxylation is 1. The first-order valence-electron chi connectivity index (χ1n) is 5.08. The molecule has 0 saturated heterocycles. The topological polar surface area (TPSA) is 55.6 Å². The van der Waals surface area contributed by atoms with Crippen LogP contribution >= 0.6 is 0 Å². The molecule has 1 unspecified atom stereocenters. The van der Waals surface area contributed by atoms with Gasteiger partial charge in [0.2, 0.25) is 5.95 Å². The highest BCUT2D eigenvalue weighted by molar-refractivity contribution is 5.25. The minimum atomic E-state index is 0.353. The molecule has 0 bridgehead atoms. The molecule has 0 aliphatic heterocycles. The molecule has 5 heteroatoms. The fourth-order valence-electron chi connectivity index (χ4n) is 2.10. The summed E-state index contributed by atoms with van der Waals surface area (Å²) in [5, 5.41) is 14.8. The summed E-state index contributed by atoms with van der Waals surface area (Å²) in [4.78, 5) is 0. The molecular weight excluding hydrogens is 178 g/mol. The van der Waals surface area contributed by atoms with Gasteiger partial charge in [-0.15, -0.1) is 0 Å². The molecule has 1 aliphatic rings. The Bertz CT molecular complexity index is 317. The third-order valence-electron chi connectivity index (χ3n) is 3.18. The first kappa shape index (κ1) is 9.43. The lowest BCUT2D eigenvalue weighted by Gasteiger charge is -2.27. The molecular formula is C9H17N5. The van der Waals surface area contributed by atoms with Gasteiger partial charge in [-0.3, -0.25) is 0 Å². The molecule has 2 rings (SSSR count). The van der Waals surface area contributed by atoms with Gasteiger partial charge in [-0.25, -0.2) is 4.68 Å². The van der Waals surface area contributed by atoms with Gasteiger partial charge in [0.05, 0.1) is 0 Å². The SMILES string of the molecule is Cn1nnnc1NC1CCCC1(C)C. The lowest BCUT2D eigenvalue weighted by Crippen LogP contribution is -2.31. The summed E-state index contributed by atoms with van der Waals surface area (Å²) in [6, 6.07) is 0.493. The Morgan fingerprint density at radius 1 is 1.50 bits per heavy atom. The molecule has 14 heavy (non-hydrogen) atoms. The Hall–Kier alpha value is -1.13. The van der Waals surface area contributed by atoms with E-state index in [2.05, 4.69) is 34.7 Å². The van der Waals surface area contributed by atoms with Crippen LogP contribution in [0.2, 0.25) is 0 Å². The Kier molecular flexibility index (Phi) is 2.17. The van der Waals surface area contributed by atoms with Crippen LogP contribution in [-0.2, 0) is 7.05 Å². The summed E-state index contributed by atoms with van der Waals surface area (Å²) in [6.45, 7) is 4.59. The van der Waals surface area contributed by atoms with Crippen LogP contribution in [0.4, 0.5) is 5.95 Å². The predicted molar refractivity (Wildman–Crippen MR) is 53.8 cm³/mol. The number of hydrogen-bond acceptors (Lipinski definition) is 4. The zero-order chi connectivity index (χ0) is 10.2. The van der Waals surface area contributed by atoms with Gasteiger partial charge < -0.3 is 5.32 Å². The fourth-order valence-corrected chi connectivity index (χ4v) is 2.10. The smallest absolute Gasteiger partial charge is 0.242 e. The van der Waals surface area contributed by atoms with E-state index in [-0.39, 0.29) is 0 Å². The number of anilines is 1. The standard InChI is InChI=1S/C9H17N5/c1-9(2)6-4-5-7(9)10-8-11-12-13-14(8)3/h7H,4-6H2,1-3H3,(H,10,11,13). The maximum Gasteiger partial charge on any atom is 0.242 e. The van der Waals surface area contributed by atoms with Crippen molar-refractivity contribution in [1.29, 1.82) is 0 Å². The molecule has 0 spiro atoms. The first-order valence-corrected chi connectivity index (χ1v) is 5.08. The van der Waals surface area contributed by atoms with Crippen LogP contribution in [0.15, 0.2) is 0 Å². The highest BCUT2D eigenvalue weighted by Gasteiger charge is 2.35. The Labute approximate surface area is 83.9 Å². The predicted octanol–water partition coefficient (Wildman–Crippen LogP) is 1.20. The average Bonchev–Trinajstić information content (AvgIpc) is 2.62. The van der Waals surface area contributed by atoms with Crippen molar-refractivity contribution in [3.05, 3.63) is 0 Å². The van der Waals surface area contributed by atoms with Gasteiger partial charge in [0.15, 0.2) is 0 Å². The van der Waals surface area contributed by atoms with Gasteiger partial charge >= 0.3 is 0 Å². The zero-order valence-electron chi connectivity index (χ0n) is 8.99. The largest absolute Gasteiger partial charge is 0.350 e. The van der Waals surface area contributed by atoms with Crippen LogP contribution in [0.1, 0.15) is 33.1 Å². The van der Waals surface area contributed by atoms with Crippen LogP contribution < -0.4 is 5.32 Å². The number of nitrogens with zero attached hydrogens (tertiary/aromatic N) is 4. The van der Waals surface area contributed by atoms with Crippen molar-refractivity contribution in [2.75, 3.05) is 5.32 Å². The molecule has 78 valence electrons. The van der Waals surface area contributed by atoms with Crippen LogP contribution in [-0.4, -0.2) is 26.2 Å². The molecule has 0 amide bonds. The van der Waals surface area contributed by atoms with Gasteiger partial charge in [0.1, 0.15) is 0 Å². The Morgan fingerprint density at radius 3 is 2.79 bits per heavy atom. The molecule has 5 nitrogen and oxygen atoms in total. The maximum atomic E-state index is 3.94. The van der Waals surface area contributed by atoms with E-state index in [1.807, 2.05) is 7.05 Å². The summed E-state index contributed by atoms with van der Waals surface area (Å²) < 4.78 is 1.68. The monoisotopic (exact) mass is 195 g/mol. The molecule has 1 heterocycles. The highest BCUT2D eigenvalue weighted by atomic mass is 15.6. The van der Waals surface area contributed by atoms with Crippen molar-refractivity contribution in [1.82, 2.24) is 20.2 Å². The Balaban J connectivity index is 2.08. The van der Waals surface area contributed by atoms with Gasteiger partial charge in [0.25, 0.3) is 0 Å². The summed E-state index contributed by atoms with van der Waals surface area (Å²) >= 11 is 0. The van der Waals surface area contributed by atoms with E-state index in [1.54, 1.807) is 4.68 Å². The number of hydrogen-bond donors (Lipinski definition) is 1. The highest BCUT2D eigenvalue weighted by Crippen LogP contribution is 2.38. The summed E-state index contributed by atoms with van der Waals surface area (Å²) in [5.41, 5.74) is 0.353. The minimum Gasteiger partial charge on any atom is -0.350 e. The summed E-state index contributed by atoms with van der Waals surface area (Å²) in [6.07, 6.45) is 3.77. The molecule has 1 aromatic heterocycles. The van der Waals surface area contributed by atoms with Crippen LogP contribution in [0.3, 0.4) is 0 Å². The van der Waals surface area contributed by atoms with Crippen LogP contribution in [0, 0.1) is 5.41 Å². The number of nitrogens with one attached hydrogen (secondary N) is 1. The van der Waals surface area contributed by atoms with Gasteiger partial charge in [-0.2, -0.15) is 0 Å². The first-order chi connectivity index (χ1) is 6.59. The molecule has 0 aromatic carbocycles. The molecule has 1 aliphatic carbocycles. The van der Waals surface area contributed by atoms with E-state index in [4.69, 9.17) is 0 Å². The second-order valence-corrected chi connectivity index (χ2v) is 4.70. The van der Waals surface area contributed by atoms with E-state index in [0.717, 1.165) is 5.95 Å². The van der Waals surface area contributed by atoms with Gasteiger partial charge in [-0.1, -0.05) is 25.4 Å². The van der Waals surface area contributed by atoms with Crippen LogP contribution in [0.5, 0.6) is 0 Å². The third-order valence-corrected chi connectivity index (χ3v) is 3.18. The average molecular weight is 195 g/mol. The zero-order valence-corrected chi connectivity index (χ0v) is 8.99. The van der Waals surface area contributed by atoms with E-state index >= 15 is 0 Å². The van der Waals surface area contributed by atoms with Crippen molar-refractivity contribution in [2.24, 2.45) is 12.5 Å². The lowest BCUT2D eigenvalue weighted by molar-refractivity contribution is 0.348. The summed E-state index contributed by atoms with van der Waals surface area (Å²) in [7, 11) is 1.85. The van der Waals surface area contributed by atoms with Gasteiger partial charge in [-0.05, 0) is 28.7 Å². The molecule has 1 aromatic rings. The number of tetrazole rings is 1.